The van der Waals surface area contributed by atoms with Gasteiger partial charge in [0.15, 0.2) is 0 Å². The molecule has 140 valence electrons. The Hall–Kier alpha value is -2.87. The Bertz CT molecular complexity index is 970. The van der Waals surface area contributed by atoms with E-state index in [9.17, 15) is 4.79 Å². The molecule has 0 aliphatic rings. The lowest BCUT2D eigenvalue weighted by atomic mass is 10.1. The molecule has 8 heteroatoms. The summed E-state index contributed by atoms with van der Waals surface area (Å²) in [7, 11) is 1.58. The minimum absolute atomic E-state index is 0.154. The van der Waals surface area contributed by atoms with E-state index in [0.717, 1.165) is 16.8 Å². The lowest BCUT2D eigenvalue weighted by molar-refractivity contribution is -0.113. The fourth-order valence-electron chi connectivity index (χ4n) is 2.70. The Morgan fingerprint density at radius 2 is 1.89 bits per heavy atom. The van der Waals surface area contributed by atoms with Crippen LogP contribution in [0.4, 0.5) is 5.69 Å². The smallest absolute Gasteiger partial charge is 0.234 e. The van der Waals surface area contributed by atoms with E-state index >= 15 is 0 Å². The molecule has 2 aromatic carbocycles. The number of hydrogen-bond acceptors (Lipinski definition) is 6. The number of thioether (sulfide) groups is 1. The molecule has 0 aliphatic carbocycles. The summed E-state index contributed by atoms with van der Waals surface area (Å²) in [6, 6.07) is 11.7. The third-order valence-corrected chi connectivity index (χ3v) is 4.90. The van der Waals surface area contributed by atoms with Gasteiger partial charge in [0, 0.05) is 0 Å². The Morgan fingerprint density at radius 3 is 2.63 bits per heavy atom. The van der Waals surface area contributed by atoms with Gasteiger partial charge in [0.05, 0.1) is 24.2 Å². The van der Waals surface area contributed by atoms with Crippen molar-refractivity contribution in [2.45, 2.75) is 25.9 Å². The van der Waals surface area contributed by atoms with Crippen LogP contribution in [-0.2, 0) is 4.79 Å². The van der Waals surface area contributed by atoms with Crippen LogP contribution >= 0.6 is 11.8 Å². The Balaban J connectivity index is 1.70. The van der Waals surface area contributed by atoms with Gasteiger partial charge >= 0.3 is 0 Å². The largest absolute Gasteiger partial charge is 0.495 e. The molecule has 0 unspecified atom stereocenters. The molecule has 0 saturated carbocycles. The molecule has 0 aliphatic heterocycles. The van der Waals surface area contributed by atoms with E-state index < -0.39 is 0 Å². The fourth-order valence-corrected chi connectivity index (χ4v) is 3.38. The van der Waals surface area contributed by atoms with E-state index in [0.29, 0.717) is 16.6 Å². The van der Waals surface area contributed by atoms with Gasteiger partial charge in [0.25, 0.3) is 0 Å². The average molecular weight is 383 g/mol. The maximum Gasteiger partial charge on any atom is 0.234 e. The molecule has 0 radical (unpaired) electrons. The number of nitrogens with one attached hydrogen (secondary N) is 1. The number of aryl methyl sites for hydroxylation is 3. The normalized spacial score (nSPS) is 10.7. The summed E-state index contributed by atoms with van der Waals surface area (Å²) in [4.78, 5) is 12.4. The number of benzene rings is 2. The first-order valence-electron chi connectivity index (χ1n) is 8.41. The van der Waals surface area contributed by atoms with Crippen molar-refractivity contribution in [3.8, 4) is 11.4 Å². The maximum atomic E-state index is 12.4. The highest BCUT2D eigenvalue weighted by Gasteiger charge is 2.14. The van der Waals surface area contributed by atoms with E-state index in [1.165, 1.54) is 17.3 Å². The molecule has 3 rings (SSSR count). The Morgan fingerprint density at radius 1 is 1.15 bits per heavy atom. The first-order valence-corrected chi connectivity index (χ1v) is 9.40. The standard InChI is InChI=1S/C19H21N5O2S/c1-12-5-7-16(14(3)9-12)24-19(21-22-23-24)27-11-18(25)20-15-10-13(2)6-8-17(15)26-4/h5-10H,11H2,1-4H3,(H,20,25). The predicted molar refractivity (Wildman–Crippen MR) is 106 cm³/mol. The van der Waals surface area contributed by atoms with E-state index in [1.54, 1.807) is 11.8 Å². The molecule has 7 nitrogen and oxygen atoms in total. The number of amides is 1. The zero-order valence-electron chi connectivity index (χ0n) is 15.7. The summed E-state index contributed by atoms with van der Waals surface area (Å²) in [6.45, 7) is 6.01. The molecule has 27 heavy (non-hydrogen) atoms. The number of aromatic nitrogens is 4. The monoisotopic (exact) mass is 383 g/mol. The molecular weight excluding hydrogens is 362 g/mol. The summed E-state index contributed by atoms with van der Waals surface area (Å²) in [5.74, 6) is 0.653. The molecule has 0 fully saturated rings. The van der Waals surface area contributed by atoms with Crippen molar-refractivity contribution in [1.82, 2.24) is 20.2 Å². The highest BCUT2D eigenvalue weighted by molar-refractivity contribution is 7.99. The third-order valence-electron chi connectivity index (χ3n) is 3.98. The first kappa shape index (κ1) is 18.9. The zero-order valence-corrected chi connectivity index (χ0v) is 16.5. The van der Waals surface area contributed by atoms with Crippen LogP contribution in [0.15, 0.2) is 41.6 Å². The summed E-state index contributed by atoms with van der Waals surface area (Å²) < 4.78 is 6.95. The second-order valence-electron chi connectivity index (χ2n) is 6.20. The van der Waals surface area contributed by atoms with Gasteiger partial charge in [0.2, 0.25) is 11.1 Å². The van der Waals surface area contributed by atoms with E-state index in [2.05, 4.69) is 26.9 Å². The number of rotatable bonds is 6. The van der Waals surface area contributed by atoms with Crippen LogP contribution in [-0.4, -0.2) is 39.0 Å². The third kappa shape index (κ3) is 4.46. The SMILES string of the molecule is COc1ccc(C)cc1NC(=O)CSc1nnnn1-c1ccc(C)cc1C. The van der Waals surface area contributed by atoms with Gasteiger partial charge in [-0.15, -0.1) is 5.10 Å². The number of carbonyl (C=O) groups excluding carboxylic acids is 1. The van der Waals surface area contributed by atoms with Crippen LogP contribution in [0.25, 0.3) is 5.69 Å². The molecule has 0 atom stereocenters. The number of carbonyl (C=O) groups is 1. The maximum absolute atomic E-state index is 12.4. The van der Waals surface area contributed by atoms with Crippen molar-refractivity contribution in [1.29, 1.82) is 0 Å². The Kier molecular flexibility index (Phi) is 5.75. The minimum atomic E-state index is -0.154. The van der Waals surface area contributed by atoms with Crippen molar-refractivity contribution >= 4 is 23.4 Å². The van der Waals surface area contributed by atoms with Crippen LogP contribution < -0.4 is 10.1 Å². The molecule has 3 aromatic rings. The first-order chi connectivity index (χ1) is 13.0. The van der Waals surface area contributed by atoms with Crippen LogP contribution in [0.1, 0.15) is 16.7 Å². The molecule has 0 spiro atoms. The molecule has 1 aromatic heterocycles. The highest BCUT2D eigenvalue weighted by atomic mass is 32.2. The van der Waals surface area contributed by atoms with E-state index in [4.69, 9.17) is 4.74 Å². The van der Waals surface area contributed by atoms with Gasteiger partial charge in [-0.05, 0) is 60.5 Å². The number of methoxy groups -OCH3 is 1. The van der Waals surface area contributed by atoms with Gasteiger partial charge in [-0.25, -0.2) is 0 Å². The average Bonchev–Trinajstić information content (AvgIpc) is 3.08. The number of anilines is 1. The second-order valence-corrected chi connectivity index (χ2v) is 7.15. The van der Waals surface area contributed by atoms with Crippen LogP contribution in [0.3, 0.4) is 0 Å². The lowest BCUT2D eigenvalue weighted by Crippen LogP contribution is -2.15. The van der Waals surface area contributed by atoms with Crippen LogP contribution in [0, 0.1) is 20.8 Å². The van der Waals surface area contributed by atoms with Crippen molar-refractivity contribution in [2.24, 2.45) is 0 Å². The molecule has 1 heterocycles. The quantitative estimate of drug-likeness (QED) is 0.658. The molecular formula is C19H21N5O2S. The number of nitrogens with zero attached hydrogens (tertiary/aromatic N) is 4. The van der Waals surface area contributed by atoms with Gasteiger partial charge in [-0.1, -0.05) is 35.5 Å². The van der Waals surface area contributed by atoms with Gasteiger partial charge in [-0.2, -0.15) is 4.68 Å². The molecule has 0 saturated heterocycles. The van der Waals surface area contributed by atoms with Crippen LogP contribution in [0.5, 0.6) is 5.75 Å². The summed E-state index contributed by atoms with van der Waals surface area (Å²) in [6.07, 6.45) is 0. The van der Waals surface area contributed by atoms with Gasteiger partial charge < -0.3 is 10.1 Å². The minimum Gasteiger partial charge on any atom is -0.495 e. The van der Waals surface area contributed by atoms with E-state index in [-0.39, 0.29) is 11.7 Å². The van der Waals surface area contributed by atoms with Crippen LogP contribution in [0.2, 0.25) is 0 Å². The highest BCUT2D eigenvalue weighted by Crippen LogP contribution is 2.26. The van der Waals surface area contributed by atoms with Crippen molar-refractivity contribution < 1.29 is 9.53 Å². The number of hydrogen-bond donors (Lipinski definition) is 1. The van der Waals surface area contributed by atoms with Crippen molar-refractivity contribution in [2.75, 3.05) is 18.2 Å². The fraction of sp³-hybridized carbons (Fsp3) is 0.263. The zero-order chi connectivity index (χ0) is 19.4. The molecule has 0 bridgehead atoms. The molecule has 1 N–H and O–H groups in total. The predicted octanol–water partition coefficient (Wildman–Crippen LogP) is 3.33. The topological polar surface area (TPSA) is 81.9 Å². The van der Waals surface area contributed by atoms with Crippen molar-refractivity contribution in [3.63, 3.8) is 0 Å². The summed E-state index contributed by atoms with van der Waals surface area (Å²) in [5, 5.41) is 15.3. The van der Waals surface area contributed by atoms with E-state index in [1.807, 2.05) is 51.1 Å². The summed E-state index contributed by atoms with van der Waals surface area (Å²) in [5.41, 5.74) is 4.83. The Labute approximate surface area is 162 Å². The lowest BCUT2D eigenvalue weighted by Gasteiger charge is -2.11. The van der Waals surface area contributed by atoms with Gasteiger partial charge in [0.1, 0.15) is 5.75 Å². The van der Waals surface area contributed by atoms with Crippen molar-refractivity contribution in [3.05, 3.63) is 53.1 Å². The second kappa shape index (κ2) is 8.22. The number of tetrazole rings is 1. The number of ether oxygens (including phenoxy) is 1. The van der Waals surface area contributed by atoms with Gasteiger partial charge in [-0.3, -0.25) is 4.79 Å². The molecule has 1 amide bonds. The summed E-state index contributed by atoms with van der Waals surface area (Å²) >= 11 is 1.28.